The molecule has 3 rings (SSSR count). The van der Waals surface area contributed by atoms with Crippen molar-refractivity contribution in [3.05, 3.63) is 0 Å². The number of nitrogens with zero attached hydrogens (tertiary/aromatic N) is 1. The van der Waals surface area contributed by atoms with Gasteiger partial charge in [0.15, 0.2) is 0 Å². The van der Waals surface area contributed by atoms with Crippen LogP contribution >= 0.6 is 0 Å². The van der Waals surface area contributed by atoms with E-state index in [-0.39, 0.29) is 0 Å². The van der Waals surface area contributed by atoms with Crippen LogP contribution in [0.1, 0.15) is 44.9 Å². The summed E-state index contributed by atoms with van der Waals surface area (Å²) in [4.78, 5) is 2.85. The largest absolute Gasteiger partial charge is 0.330 e. The zero-order chi connectivity index (χ0) is 10.3. The van der Waals surface area contributed by atoms with E-state index in [1.54, 1.807) is 0 Å². The molecule has 2 heteroatoms. The second-order valence-electron chi connectivity index (χ2n) is 5.78. The lowest BCUT2D eigenvalue weighted by Crippen LogP contribution is -2.56. The molecule has 2 nitrogen and oxygen atoms in total. The topological polar surface area (TPSA) is 29.3 Å². The van der Waals surface area contributed by atoms with Gasteiger partial charge in [0, 0.05) is 12.1 Å². The molecule has 86 valence electrons. The lowest BCUT2D eigenvalue weighted by Gasteiger charge is -2.50. The normalized spacial score (nSPS) is 46.2. The Kier molecular flexibility index (Phi) is 2.73. The third kappa shape index (κ3) is 1.62. The molecule has 0 aromatic rings. The van der Waals surface area contributed by atoms with Gasteiger partial charge < -0.3 is 5.73 Å². The Bertz CT molecular complexity index is 227. The van der Waals surface area contributed by atoms with Gasteiger partial charge in [-0.25, -0.2) is 0 Å². The van der Waals surface area contributed by atoms with Crippen LogP contribution in [-0.4, -0.2) is 30.1 Å². The number of nitrogens with two attached hydrogens (primary N) is 1. The fourth-order valence-corrected chi connectivity index (χ4v) is 4.17. The maximum absolute atomic E-state index is 5.84. The Morgan fingerprint density at radius 1 is 0.933 bits per heavy atom. The summed E-state index contributed by atoms with van der Waals surface area (Å²) < 4.78 is 0. The monoisotopic (exact) mass is 208 g/mol. The molecular formula is C13H24N2. The van der Waals surface area contributed by atoms with Crippen molar-refractivity contribution in [1.29, 1.82) is 0 Å². The van der Waals surface area contributed by atoms with Crippen LogP contribution in [0.4, 0.5) is 0 Å². The van der Waals surface area contributed by atoms with E-state index in [0.717, 1.165) is 30.5 Å². The molecule has 15 heavy (non-hydrogen) atoms. The Balaban J connectivity index is 1.69. The van der Waals surface area contributed by atoms with Crippen LogP contribution in [0.3, 0.4) is 0 Å². The molecule has 0 aromatic carbocycles. The second-order valence-corrected chi connectivity index (χ2v) is 5.78. The predicted molar refractivity (Wildman–Crippen MR) is 62.6 cm³/mol. The number of rotatable bonds is 2. The standard InChI is InChI=1S/C13H24N2/c14-9-11-6-7-13(11)15-8-2-4-10-3-1-5-12(10)15/h10-13H,1-9,14H2. The van der Waals surface area contributed by atoms with E-state index in [4.69, 9.17) is 5.73 Å². The molecule has 4 atom stereocenters. The van der Waals surface area contributed by atoms with Crippen molar-refractivity contribution < 1.29 is 0 Å². The summed E-state index contributed by atoms with van der Waals surface area (Å²) >= 11 is 0. The molecule has 3 fully saturated rings. The lowest BCUT2D eigenvalue weighted by molar-refractivity contribution is -0.00465. The summed E-state index contributed by atoms with van der Waals surface area (Å²) in [5, 5.41) is 0. The van der Waals surface area contributed by atoms with Crippen LogP contribution < -0.4 is 5.73 Å². The molecule has 2 N–H and O–H groups in total. The van der Waals surface area contributed by atoms with Gasteiger partial charge in [-0.05, 0) is 63.5 Å². The van der Waals surface area contributed by atoms with Crippen LogP contribution in [0.5, 0.6) is 0 Å². The second kappa shape index (κ2) is 4.06. The summed E-state index contributed by atoms with van der Waals surface area (Å²) in [6.45, 7) is 2.28. The molecule has 2 aliphatic carbocycles. The number of piperidine rings is 1. The van der Waals surface area contributed by atoms with Crippen molar-refractivity contribution in [3.63, 3.8) is 0 Å². The number of fused-ring (bicyclic) bond motifs is 1. The smallest absolute Gasteiger partial charge is 0.0139 e. The van der Waals surface area contributed by atoms with Crippen molar-refractivity contribution in [2.45, 2.75) is 57.0 Å². The van der Waals surface area contributed by atoms with Crippen molar-refractivity contribution in [3.8, 4) is 0 Å². The highest BCUT2D eigenvalue weighted by Crippen LogP contribution is 2.42. The number of hydrogen-bond acceptors (Lipinski definition) is 2. The van der Waals surface area contributed by atoms with Gasteiger partial charge in [-0.2, -0.15) is 0 Å². The van der Waals surface area contributed by atoms with Gasteiger partial charge in [0.25, 0.3) is 0 Å². The fraction of sp³-hybridized carbons (Fsp3) is 1.00. The molecule has 0 bridgehead atoms. The molecule has 0 amide bonds. The molecular weight excluding hydrogens is 184 g/mol. The fourth-order valence-electron chi connectivity index (χ4n) is 4.17. The molecule has 0 spiro atoms. The van der Waals surface area contributed by atoms with Crippen LogP contribution in [-0.2, 0) is 0 Å². The van der Waals surface area contributed by atoms with E-state index < -0.39 is 0 Å². The molecule has 1 saturated heterocycles. The molecule has 0 aromatic heterocycles. The third-order valence-corrected chi connectivity index (χ3v) is 5.14. The quantitative estimate of drug-likeness (QED) is 0.752. The summed E-state index contributed by atoms with van der Waals surface area (Å²) in [6.07, 6.45) is 10.2. The van der Waals surface area contributed by atoms with E-state index in [2.05, 4.69) is 4.90 Å². The first-order valence-electron chi connectivity index (χ1n) is 6.86. The van der Waals surface area contributed by atoms with Gasteiger partial charge in [0.1, 0.15) is 0 Å². The first-order chi connectivity index (χ1) is 7.40. The van der Waals surface area contributed by atoms with Crippen molar-refractivity contribution in [2.24, 2.45) is 17.6 Å². The molecule has 1 heterocycles. The first kappa shape index (κ1) is 10.1. The van der Waals surface area contributed by atoms with Crippen LogP contribution in [0.15, 0.2) is 0 Å². The first-order valence-corrected chi connectivity index (χ1v) is 6.86. The maximum Gasteiger partial charge on any atom is 0.0139 e. The Labute approximate surface area is 93.2 Å². The van der Waals surface area contributed by atoms with Gasteiger partial charge in [0.2, 0.25) is 0 Å². The molecule has 1 aliphatic heterocycles. The minimum Gasteiger partial charge on any atom is -0.330 e. The summed E-state index contributed by atoms with van der Waals surface area (Å²) in [5.41, 5.74) is 5.84. The molecule has 2 saturated carbocycles. The zero-order valence-electron chi connectivity index (χ0n) is 9.70. The molecule has 0 radical (unpaired) electrons. The van der Waals surface area contributed by atoms with E-state index in [1.807, 2.05) is 0 Å². The SMILES string of the molecule is NCC1CCC1N1CCCC2CCCC21. The zero-order valence-corrected chi connectivity index (χ0v) is 9.70. The van der Waals surface area contributed by atoms with Gasteiger partial charge >= 0.3 is 0 Å². The van der Waals surface area contributed by atoms with Crippen LogP contribution in [0.2, 0.25) is 0 Å². The Morgan fingerprint density at radius 3 is 2.53 bits per heavy atom. The van der Waals surface area contributed by atoms with Crippen molar-refractivity contribution in [1.82, 2.24) is 4.90 Å². The van der Waals surface area contributed by atoms with Gasteiger partial charge in [-0.1, -0.05) is 6.42 Å². The summed E-state index contributed by atoms with van der Waals surface area (Å²) in [7, 11) is 0. The van der Waals surface area contributed by atoms with Crippen LogP contribution in [0.25, 0.3) is 0 Å². The van der Waals surface area contributed by atoms with Crippen molar-refractivity contribution in [2.75, 3.05) is 13.1 Å². The Morgan fingerprint density at radius 2 is 1.80 bits per heavy atom. The van der Waals surface area contributed by atoms with Gasteiger partial charge in [-0.3, -0.25) is 4.90 Å². The third-order valence-electron chi connectivity index (χ3n) is 5.14. The molecule has 3 aliphatic rings. The van der Waals surface area contributed by atoms with E-state index in [9.17, 15) is 0 Å². The lowest BCUT2D eigenvalue weighted by atomic mass is 9.76. The number of likely N-dealkylation sites (tertiary alicyclic amines) is 1. The van der Waals surface area contributed by atoms with E-state index in [1.165, 1.54) is 51.5 Å². The number of hydrogen-bond donors (Lipinski definition) is 1. The predicted octanol–water partition coefficient (Wildman–Crippen LogP) is 1.99. The summed E-state index contributed by atoms with van der Waals surface area (Å²) in [6, 6.07) is 1.80. The minimum atomic E-state index is 0.823. The highest BCUT2D eigenvalue weighted by atomic mass is 15.2. The average molecular weight is 208 g/mol. The van der Waals surface area contributed by atoms with E-state index in [0.29, 0.717) is 0 Å². The highest BCUT2D eigenvalue weighted by Gasteiger charge is 2.43. The molecule has 4 unspecified atom stereocenters. The van der Waals surface area contributed by atoms with E-state index >= 15 is 0 Å². The van der Waals surface area contributed by atoms with Crippen LogP contribution in [0, 0.1) is 11.8 Å². The average Bonchev–Trinajstić information content (AvgIpc) is 2.65. The van der Waals surface area contributed by atoms with Crippen molar-refractivity contribution >= 4 is 0 Å². The summed E-state index contributed by atoms with van der Waals surface area (Å²) in [5.74, 6) is 1.86. The highest BCUT2D eigenvalue weighted by molar-refractivity contribution is 4.97. The van der Waals surface area contributed by atoms with Gasteiger partial charge in [0.05, 0.1) is 0 Å². The van der Waals surface area contributed by atoms with Gasteiger partial charge in [-0.15, -0.1) is 0 Å². The maximum atomic E-state index is 5.84. The minimum absolute atomic E-state index is 0.823. The Hall–Kier alpha value is -0.0800.